The van der Waals surface area contributed by atoms with Crippen LogP contribution < -0.4 is 0 Å². The van der Waals surface area contributed by atoms with Crippen molar-refractivity contribution in [3.63, 3.8) is 0 Å². The normalized spacial score (nSPS) is 10.7. The molecule has 1 aromatic heterocycles. The van der Waals surface area contributed by atoms with Gasteiger partial charge in [-0.05, 0) is 24.3 Å². The second kappa shape index (κ2) is 5.17. The number of amides is 1. The Bertz CT molecular complexity index is 734. The highest BCUT2D eigenvalue weighted by atomic mass is 16.2. The molecule has 3 rings (SSSR count). The standard InChI is InChI=1S/C16H15N3O/c1-18(16(20)13-7-3-2-4-8-13)12-19-11-17-14-9-5-6-10-15(14)19/h2-11H,12H2,1H3. The fourth-order valence-electron chi connectivity index (χ4n) is 2.22. The second-order valence-electron chi connectivity index (χ2n) is 4.71. The molecule has 0 saturated heterocycles. The molecule has 4 nitrogen and oxygen atoms in total. The summed E-state index contributed by atoms with van der Waals surface area (Å²) in [4.78, 5) is 18.3. The summed E-state index contributed by atoms with van der Waals surface area (Å²) in [7, 11) is 1.80. The summed E-state index contributed by atoms with van der Waals surface area (Å²) >= 11 is 0. The maximum absolute atomic E-state index is 12.3. The zero-order valence-corrected chi connectivity index (χ0v) is 11.2. The van der Waals surface area contributed by atoms with Crippen LogP contribution >= 0.6 is 0 Å². The van der Waals surface area contributed by atoms with E-state index in [-0.39, 0.29) is 5.91 Å². The van der Waals surface area contributed by atoms with Crippen LogP contribution in [0.3, 0.4) is 0 Å². The predicted octanol–water partition coefficient (Wildman–Crippen LogP) is 2.77. The number of hydrogen-bond acceptors (Lipinski definition) is 2. The lowest BCUT2D eigenvalue weighted by Gasteiger charge is -2.18. The van der Waals surface area contributed by atoms with Gasteiger partial charge in [-0.15, -0.1) is 0 Å². The quantitative estimate of drug-likeness (QED) is 0.730. The largest absolute Gasteiger partial charge is 0.324 e. The summed E-state index contributed by atoms with van der Waals surface area (Å²) in [6.07, 6.45) is 1.76. The van der Waals surface area contributed by atoms with Crippen molar-refractivity contribution in [3.05, 3.63) is 66.5 Å². The van der Waals surface area contributed by atoms with E-state index in [1.165, 1.54) is 0 Å². The molecule has 0 aliphatic rings. The average Bonchev–Trinajstić information content (AvgIpc) is 2.91. The molecule has 100 valence electrons. The summed E-state index contributed by atoms with van der Waals surface area (Å²) in [5.41, 5.74) is 2.66. The van der Waals surface area contributed by atoms with Crippen molar-refractivity contribution in [2.24, 2.45) is 0 Å². The number of carbonyl (C=O) groups is 1. The number of hydrogen-bond donors (Lipinski definition) is 0. The highest BCUT2D eigenvalue weighted by Gasteiger charge is 2.12. The summed E-state index contributed by atoms with van der Waals surface area (Å²) in [6, 6.07) is 17.2. The van der Waals surface area contributed by atoms with E-state index in [1.54, 1.807) is 18.3 Å². The first kappa shape index (κ1) is 12.4. The third kappa shape index (κ3) is 2.28. The van der Waals surface area contributed by atoms with Crippen molar-refractivity contribution >= 4 is 16.9 Å². The maximum atomic E-state index is 12.3. The Morgan fingerprint density at radius 3 is 2.60 bits per heavy atom. The van der Waals surface area contributed by atoms with Gasteiger partial charge in [0.2, 0.25) is 0 Å². The van der Waals surface area contributed by atoms with Crippen molar-refractivity contribution in [2.45, 2.75) is 6.67 Å². The summed E-state index contributed by atoms with van der Waals surface area (Å²) in [5.74, 6) is 0.00313. The van der Waals surface area contributed by atoms with E-state index >= 15 is 0 Å². The summed E-state index contributed by atoms with van der Waals surface area (Å²) < 4.78 is 1.97. The van der Waals surface area contributed by atoms with Crippen LogP contribution in [0.25, 0.3) is 11.0 Å². The van der Waals surface area contributed by atoms with E-state index in [2.05, 4.69) is 4.98 Å². The topological polar surface area (TPSA) is 38.1 Å². The van der Waals surface area contributed by atoms with Crippen LogP contribution in [0.1, 0.15) is 10.4 Å². The Morgan fingerprint density at radius 2 is 1.80 bits per heavy atom. The Kier molecular flexibility index (Phi) is 3.21. The molecule has 20 heavy (non-hydrogen) atoms. The van der Waals surface area contributed by atoms with Crippen LogP contribution in [-0.4, -0.2) is 27.4 Å². The van der Waals surface area contributed by atoms with Gasteiger partial charge < -0.3 is 9.47 Å². The van der Waals surface area contributed by atoms with Gasteiger partial charge in [0.25, 0.3) is 5.91 Å². The molecule has 1 amide bonds. The smallest absolute Gasteiger partial charge is 0.255 e. The molecule has 0 aliphatic carbocycles. The Balaban J connectivity index is 1.82. The molecule has 1 heterocycles. The van der Waals surface area contributed by atoms with Crippen LogP contribution in [-0.2, 0) is 6.67 Å². The van der Waals surface area contributed by atoms with Crippen molar-refractivity contribution in [2.75, 3.05) is 7.05 Å². The van der Waals surface area contributed by atoms with Gasteiger partial charge in [0.05, 0.1) is 24.0 Å². The molecule has 0 aliphatic heterocycles. The molecule has 0 saturated carbocycles. The van der Waals surface area contributed by atoms with Crippen LogP contribution in [0, 0.1) is 0 Å². The zero-order chi connectivity index (χ0) is 13.9. The molecule has 4 heteroatoms. The lowest BCUT2D eigenvalue weighted by molar-refractivity contribution is 0.0754. The zero-order valence-electron chi connectivity index (χ0n) is 11.2. The van der Waals surface area contributed by atoms with Crippen LogP contribution in [0.4, 0.5) is 0 Å². The first-order chi connectivity index (χ1) is 9.75. The number of carbonyl (C=O) groups excluding carboxylic acids is 1. The van der Waals surface area contributed by atoms with Crippen LogP contribution in [0.5, 0.6) is 0 Å². The monoisotopic (exact) mass is 265 g/mol. The summed E-state index contributed by atoms with van der Waals surface area (Å²) in [6.45, 7) is 0.480. The van der Waals surface area contributed by atoms with E-state index in [4.69, 9.17) is 0 Å². The number of para-hydroxylation sites is 2. The van der Waals surface area contributed by atoms with Crippen molar-refractivity contribution < 1.29 is 4.79 Å². The molecule has 0 spiro atoms. The number of aromatic nitrogens is 2. The minimum Gasteiger partial charge on any atom is -0.324 e. The lowest BCUT2D eigenvalue weighted by atomic mass is 10.2. The van der Waals surface area contributed by atoms with E-state index in [1.807, 2.05) is 59.2 Å². The first-order valence-electron chi connectivity index (χ1n) is 6.46. The molecular formula is C16H15N3O. The van der Waals surface area contributed by atoms with E-state index < -0.39 is 0 Å². The van der Waals surface area contributed by atoms with Gasteiger partial charge in [-0.2, -0.15) is 0 Å². The number of nitrogens with zero attached hydrogens (tertiary/aromatic N) is 3. The molecule has 3 aromatic rings. The minimum atomic E-state index is 0.00313. The molecular weight excluding hydrogens is 250 g/mol. The second-order valence-corrected chi connectivity index (χ2v) is 4.71. The van der Waals surface area contributed by atoms with Gasteiger partial charge >= 0.3 is 0 Å². The Morgan fingerprint density at radius 1 is 1.10 bits per heavy atom. The molecule has 0 radical (unpaired) electrons. The maximum Gasteiger partial charge on any atom is 0.255 e. The molecule has 0 fully saturated rings. The van der Waals surface area contributed by atoms with Gasteiger partial charge in [0.15, 0.2) is 0 Å². The number of fused-ring (bicyclic) bond motifs is 1. The van der Waals surface area contributed by atoms with Gasteiger partial charge in [-0.1, -0.05) is 30.3 Å². The first-order valence-corrected chi connectivity index (χ1v) is 6.46. The number of benzene rings is 2. The fourth-order valence-corrected chi connectivity index (χ4v) is 2.22. The van der Waals surface area contributed by atoms with Crippen molar-refractivity contribution in [1.82, 2.24) is 14.5 Å². The Labute approximate surface area is 117 Å². The highest BCUT2D eigenvalue weighted by molar-refractivity contribution is 5.93. The number of imidazole rings is 1. The van der Waals surface area contributed by atoms with Crippen molar-refractivity contribution in [1.29, 1.82) is 0 Å². The molecule has 0 unspecified atom stereocenters. The molecule has 0 atom stereocenters. The van der Waals surface area contributed by atoms with Gasteiger partial charge in [0.1, 0.15) is 0 Å². The van der Waals surface area contributed by atoms with Gasteiger partial charge in [-0.3, -0.25) is 4.79 Å². The fraction of sp³-hybridized carbons (Fsp3) is 0.125. The van der Waals surface area contributed by atoms with E-state index in [0.717, 1.165) is 11.0 Å². The average molecular weight is 265 g/mol. The highest BCUT2D eigenvalue weighted by Crippen LogP contribution is 2.13. The number of rotatable bonds is 3. The third-order valence-electron chi connectivity index (χ3n) is 3.26. The predicted molar refractivity (Wildman–Crippen MR) is 78.3 cm³/mol. The molecule has 0 N–H and O–H groups in total. The molecule has 2 aromatic carbocycles. The van der Waals surface area contributed by atoms with Crippen LogP contribution in [0.15, 0.2) is 60.9 Å². The molecule has 0 bridgehead atoms. The van der Waals surface area contributed by atoms with E-state index in [0.29, 0.717) is 12.2 Å². The minimum absolute atomic E-state index is 0.00313. The van der Waals surface area contributed by atoms with Crippen LogP contribution in [0.2, 0.25) is 0 Å². The van der Waals surface area contributed by atoms with E-state index in [9.17, 15) is 4.79 Å². The van der Waals surface area contributed by atoms with Crippen molar-refractivity contribution in [3.8, 4) is 0 Å². The lowest BCUT2D eigenvalue weighted by Crippen LogP contribution is -2.28. The third-order valence-corrected chi connectivity index (χ3v) is 3.26. The Hall–Kier alpha value is -2.62. The van der Waals surface area contributed by atoms with Gasteiger partial charge in [0, 0.05) is 12.6 Å². The SMILES string of the molecule is CN(Cn1cnc2ccccc21)C(=O)c1ccccc1. The summed E-state index contributed by atoms with van der Waals surface area (Å²) in [5, 5.41) is 0. The van der Waals surface area contributed by atoms with Gasteiger partial charge in [-0.25, -0.2) is 4.98 Å².